The van der Waals surface area contributed by atoms with Crippen LogP contribution in [0.4, 0.5) is 0 Å². The summed E-state index contributed by atoms with van der Waals surface area (Å²) in [6, 6.07) is 2.05. The van der Waals surface area contributed by atoms with Gasteiger partial charge in [-0.1, -0.05) is 6.07 Å². The zero-order chi connectivity index (χ0) is 13.7. The Morgan fingerprint density at radius 3 is 2.84 bits per heavy atom. The van der Waals surface area contributed by atoms with E-state index in [2.05, 4.69) is 16.4 Å². The van der Waals surface area contributed by atoms with E-state index in [1.54, 1.807) is 6.20 Å². The Bertz CT molecular complexity index is 405. The first-order chi connectivity index (χ1) is 9.10. The van der Waals surface area contributed by atoms with Crippen molar-refractivity contribution >= 4 is 0 Å². The molecule has 0 radical (unpaired) electrons. The molecule has 0 saturated carbocycles. The molecule has 1 saturated heterocycles. The molecule has 1 fully saturated rings. The van der Waals surface area contributed by atoms with Crippen LogP contribution in [0.25, 0.3) is 0 Å². The second-order valence-corrected chi connectivity index (χ2v) is 5.23. The molecule has 5 heteroatoms. The third-order valence-corrected chi connectivity index (χ3v) is 3.58. The average molecular weight is 266 g/mol. The third-order valence-electron chi connectivity index (χ3n) is 3.58. The van der Waals surface area contributed by atoms with Gasteiger partial charge in [0, 0.05) is 51.5 Å². The van der Waals surface area contributed by atoms with Gasteiger partial charge in [-0.15, -0.1) is 0 Å². The Balaban J connectivity index is 1.78. The standard InChI is InChI=1S/C14H22N2O3/c1-11-6-12(8-15-7-11)9-16-10-13(17)14(18)2-4-19-5-3-14/h6-8,13,16-18H,2-5,9-10H2,1H3. The van der Waals surface area contributed by atoms with Gasteiger partial charge in [0.15, 0.2) is 0 Å². The fraction of sp³-hybridized carbons (Fsp3) is 0.643. The average Bonchev–Trinajstić information content (AvgIpc) is 2.39. The van der Waals surface area contributed by atoms with Crippen molar-refractivity contribution in [2.75, 3.05) is 19.8 Å². The summed E-state index contributed by atoms with van der Waals surface area (Å²) in [5, 5.41) is 23.5. The summed E-state index contributed by atoms with van der Waals surface area (Å²) in [7, 11) is 0. The molecule has 1 aromatic rings. The molecular weight excluding hydrogens is 244 g/mol. The lowest BCUT2D eigenvalue weighted by Crippen LogP contribution is -2.50. The minimum absolute atomic E-state index is 0.366. The predicted octanol–water partition coefficient (Wildman–Crippen LogP) is 0.382. The van der Waals surface area contributed by atoms with Gasteiger partial charge in [-0.25, -0.2) is 0 Å². The molecule has 0 aliphatic carbocycles. The largest absolute Gasteiger partial charge is 0.389 e. The lowest BCUT2D eigenvalue weighted by Gasteiger charge is -2.36. The summed E-state index contributed by atoms with van der Waals surface area (Å²) in [5.74, 6) is 0. The maximum atomic E-state index is 10.3. The number of hydrogen-bond acceptors (Lipinski definition) is 5. The topological polar surface area (TPSA) is 74.6 Å². The molecule has 5 nitrogen and oxygen atoms in total. The predicted molar refractivity (Wildman–Crippen MR) is 71.7 cm³/mol. The molecule has 0 amide bonds. The SMILES string of the molecule is Cc1cncc(CNCC(O)C2(O)CCOCC2)c1. The fourth-order valence-electron chi connectivity index (χ4n) is 2.32. The first-order valence-corrected chi connectivity index (χ1v) is 6.69. The molecule has 1 aromatic heterocycles. The molecule has 106 valence electrons. The third kappa shape index (κ3) is 3.98. The van der Waals surface area contributed by atoms with Gasteiger partial charge in [-0.3, -0.25) is 4.98 Å². The quantitative estimate of drug-likeness (QED) is 0.718. The van der Waals surface area contributed by atoms with Crippen LogP contribution in [0, 0.1) is 6.92 Å². The number of rotatable bonds is 5. The summed E-state index contributed by atoms with van der Waals surface area (Å²) in [6.07, 6.45) is 3.82. The zero-order valence-electron chi connectivity index (χ0n) is 11.3. The second-order valence-electron chi connectivity index (χ2n) is 5.23. The van der Waals surface area contributed by atoms with Crippen molar-refractivity contribution in [2.24, 2.45) is 0 Å². The summed E-state index contributed by atoms with van der Waals surface area (Å²) >= 11 is 0. The maximum absolute atomic E-state index is 10.3. The summed E-state index contributed by atoms with van der Waals surface area (Å²) < 4.78 is 5.20. The Labute approximate surface area is 113 Å². The number of aryl methyl sites for hydroxylation is 1. The maximum Gasteiger partial charge on any atom is 0.0961 e. The van der Waals surface area contributed by atoms with Gasteiger partial charge >= 0.3 is 0 Å². The Hall–Kier alpha value is -1.01. The number of aliphatic hydroxyl groups is 2. The summed E-state index contributed by atoms with van der Waals surface area (Å²) in [5.41, 5.74) is 1.17. The molecule has 2 heterocycles. The number of ether oxygens (including phenoxy) is 1. The molecule has 1 atom stereocenters. The van der Waals surface area contributed by atoms with Crippen LogP contribution in [0.2, 0.25) is 0 Å². The number of hydrogen-bond donors (Lipinski definition) is 3. The number of aliphatic hydroxyl groups excluding tert-OH is 1. The molecule has 0 bridgehead atoms. The van der Waals surface area contributed by atoms with E-state index in [1.807, 2.05) is 13.1 Å². The van der Waals surface area contributed by atoms with Gasteiger partial charge in [-0.2, -0.15) is 0 Å². The van der Waals surface area contributed by atoms with Crippen molar-refractivity contribution in [3.63, 3.8) is 0 Å². The first-order valence-electron chi connectivity index (χ1n) is 6.69. The molecule has 0 aromatic carbocycles. The van der Waals surface area contributed by atoms with E-state index in [1.165, 1.54) is 0 Å². The highest BCUT2D eigenvalue weighted by Gasteiger charge is 2.36. The molecule has 2 rings (SSSR count). The van der Waals surface area contributed by atoms with Crippen LogP contribution in [0.3, 0.4) is 0 Å². The van der Waals surface area contributed by atoms with Crippen LogP contribution >= 0.6 is 0 Å². The molecule has 0 spiro atoms. The molecule has 1 aliphatic rings. The second kappa shape index (κ2) is 6.43. The van der Waals surface area contributed by atoms with Crippen molar-refractivity contribution in [2.45, 2.75) is 38.0 Å². The van der Waals surface area contributed by atoms with Crippen molar-refractivity contribution in [3.8, 4) is 0 Å². The van der Waals surface area contributed by atoms with Gasteiger partial charge in [0.05, 0.1) is 11.7 Å². The van der Waals surface area contributed by atoms with Gasteiger partial charge < -0.3 is 20.3 Å². The first kappa shape index (κ1) is 14.4. The minimum atomic E-state index is -1.02. The van der Waals surface area contributed by atoms with Crippen LogP contribution in [0.5, 0.6) is 0 Å². The lowest BCUT2D eigenvalue weighted by atomic mass is 9.88. The smallest absolute Gasteiger partial charge is 0.0961 e. The number of nitrogens with one attached hydrogen (secondary N) is 1. The van der Waals surface area contributed by atoms with E-state index in [4.69, 9.17) is 4.74 Å². The van der Waals surface area contributed by atoms with E-state index >= 15 is 0 Å². The van der Waals surface area contributed by atoms with Gasteiger partial charge in [0.2, 0.25) is 0 Å². The van der Waals surface area contributed by atoms with Crippen LogP contribution in [0.1, 0.15) is 24.0 Å². The van der Waals surface area contributed by atoms with Crippen molar-refractivity contribution in [1.29, 1.82) is 0 Å². The normalized spacial score (nSPS) is 20.2. The van der Waals surface area contributed by atoms with Crippen molar-refractivity contribution in [1.82, 2.24) is 10.3 Å². The monoisotopic (exact) mass is 266 g/mol. The van der Waals surface area contributed by atoms with Gasteiger partial charge in [-0.05, 0) is 18.1 Å². The number of aromatic nitrogens is 1. The van der Waals surface area contributed by atoms with Crippen molar-refractivity contribution < 1.29 is 14.9 Å². The Morgan fingerprint density at radius 2 is 2.16 bits per heavy atom. The lowest BCUT2D eigenvalue weighted by molar-refractivity contribution is -0.130. The molecule has 3 N–H and O–H groups in total. The fourth-order valence-corrected chi connectivity index (χ4v) is 2.32. The summed E-state index contributed by atoms with van der Waals surface area (Å²) in [6.45, 7) is 4.02. The van der Waals surface area contributed by atoms with E-state index in [-0.39, 0.29) is 0 Å². The number of pyridine rings is 1. The van der Waals surface area contributed by atoms with E-state index in [9.17, 15) is 10.2 Å². The van der Waals surface area contributed by atoms with Crippen LogP contribution in [-0.2, 0) is 11.3 Å². The van der Waals surface area contributed by atoms with E-state index in [0.29, 0.717) is 39.1 Å². The minimum Gasteiger partial charge on any atom is -0.389 e. The molecule has 1 aliphatic heterocycles. The highest BCUT2D eigenvalue weighted by Crippen LogP contribution is 2.24. The highest BCUT2D eigenvalue weighted by molar-refractivity contribution is 5.16. The zero-order valence-corrected chi connectivity index (χ0v) is 11.3. The van der Waals surface area contributed by atoms with Crippen molar-refractivity contribution in [3.05, 3.63) is 29.6 Å². The molecule has 19 heavy (non-hydrogen) atoms. The Morgan fingerprint density at radius 1 is 1.42 bits per heavy atom. The van der Waals surface area contributed by atoms with Crippen LogP contribution < -0.4 is 5.32 Å². The van der Waals surface area contributed by atoms with E-state index in [0.717, 1.165) is 11.1 Å². The summed E-state index contributed by atoms with van der Waals surface area (Å²) in [4.78, 5) is 4.12. The van der Waals surface area contributed by atoms with E-state index < -0.39 is 11.7 Å². The van der Waals surface area contributed by atoms with Gasteiger partial charge in [0.25, 0.3) is 0 Å². The Kier molecular flexibility index (Phi) is 4.87. The van der Waals surface area contributed by atoms with Crippen LogP contribution in [-0.4, -0.2) is 46.7 Å². The van der Waals surface area contributed by atoms with Crippen LogP contribution in [0.15, 0.2) is 18.5 Å². The number of nitrogens with zero attached hydrogens (tertiary/aromatic N) is 1. The highest BCUT2D eigenvalue weighted by atomic mass is 16.5. The van der Waals surface area contributed by atoms with Gasteiger partial charge in [0.1, 0.15) is 0 Å². The molecule has 1 unspecified atom stereocenters. The molecular formula is C14H22N2O3.